The molecule has 0 amide bonds. The Kier molecular flexibility index (Phi) is 3.31. The number of oxazole rings is 1. The number of anilines is 1. The molecule has 3 aromatic rings. The molecule has 3 aromatic heterocycles. The number of nitrogens with one attached hydrogen (secondary N) is 3. The molecule has 0 aromatic carbocycles. The van der Waals surface area contributed by atoms with E-state index in [0.29, 0.717) is 11.9 Å². The van der Waals surface area contributed by atoms with Crippen LogP contribution in [0.25, 0.3) is 22.5 Å². The van der Waals surface area contributed by atoms with E-state index in [9.17, 15) is 0 Å². The first-order chi connectivity index (χ1) is 10.8. The minimum Gasteiger partial charge on any atom is -0.441 e. The number of piperidine rings is 1. The van der Waals surface area contributed by atoms with Crippen molar-refractivity contribution in [3.63, 3.8) is 0 Å². The normalized spacial score (nSPS) is 18.7. The smallest absolute Gasteiger partial charge is 0.229 e. The largest absolute Gasteiger partial charge is 0.441 e. The topological polar surface area (TPSA) is 78.8 Å². The van der Waals surface area contributed by atoms with Crippen LogP contribution in [-0.4, -0.2) is 34.1 Å². The van der Waals surface area contributed by atoms with Gasteiger partial charge in [-0.2, -0.15) is 0 Å². The predicted octanol–water partition coefficient (Wildman–Crippen LogP) is 2.69. The van der Waals surface area contributed by atoms with Crippen molar-refractivity contribution in [2.24, 2.45) is 0 Å². The highest BCUT2D eigenvalue weighted by Gasteiger charge is 2.19. The van der Waals surface area contributed by atoms with Crippen LogP contribution in [0.1, 0.15) is 18.6 Å². The van der Waals surface area contributed by atoms with Crippen molar-refractivity contribution in [2.75, 3.05) is 18.4 Å². The van der Waals surface area contributed by atoms with Crippen molar-refractivity contribution in [2.45, 2.75) is 25.8 Å². The van der Waals surface area contributed by atoms with E-state index in [1.807, 2.05) is 25.4 Å². The monoisotopic (exact) mass is 297 g/mol. The van der Waals surface area contributed by atoms with Crippen LogP contribution in [0.2, 0.25) is 0 Å². The average Bonchev–Trinajstić information content (AvgIpc) is 3.17. The second-order valence-electron chi connectivity index (χ2n) is 5.75. The number of pyridine rings is 1. The van der Waals surface area contributed by atoms with Crippen molar-refractivity contribution in [1.29, 1.82) is 0 Å². The molecule has 0 spiro atoms. The summed E-state index contributed by atoms with van der Waals surface area (Å²) in [5, 5.41) is 8.17. The zero-order chi connectivity index (χ0) is 14.9. The Morgan fingerprint density at radius 2 is 2.27 bits per heavy atom. The van der Waals surface area contributed by atoms with E-state index in [-0.39, 0.29) is 0 Å². The lowest BCUT2D eigenvalue weighted by atomic mass is 10.1. The molecule has 3 N–H and O–H groups in total. The van der Waals surface area contributed by atoms with Gasteiger partial charge in [0.1, 0.15) is 11.4 Å². The number of aromatic amines is 1. The standard InChI is InChI=1S/C16H19N5O/c1-10-7-20-16(22-10)13-9-19-15-12(4-6-18-15)14(13)21-11-3-2-5-17-8-11/h4,6-7,9,11,17H,2-3,5,8H2,1H3,(H2,18,19,21). The van der Waals surface area contributed by atoms with Gasteiger partial charge in [-0.3, -0.25) is 0 Å². The molecule has 1 fully saturated rings. The fourth-order valence-electron chi connectivity index (χ4n) is 2.98. The van der Waals surface area contributed by atoms with Crippen LogP contribution in [0.5, 0.6) is 0 Å². The molecule has 6 nitrogen and oxygen atoms in total. The van der Waals surface area contributed by atoms with Gasteiger partial charge < -0.3 is 20.0 Å². The summed E-state index contributed by atoms with van der Waals surface area (Å²) in [5.74, 6) is 1.41. The summed E-state index contributed by atoms with van der Waals surface area (Å²) in [6.45, 7) is 3.97. The molecule has 4 rings (SSSR count). The van der Waals surface area contributed by atoms with Gasteiger partial charge in [0.05, 0.1) is 17.4 Å². The zero-order valence-electron chi connectivity index (χ0n) is 12.5. The Morgan fingerprint density at radius 1 is 1.32 bits per heavy atom. The molecule has 4 heterocycles. The van der Waals surface area contributed by atoms with Crippen LogP contribution in [0.4, 0.5) is 5.69 Å². The maximum atomic E-state index is 5.71. The summed E-state index contributed by atoms with van der Waals surface area (Å²) in [6, 6.07) is 2.45. The molecular weight excluding hydrogens is 278 g/mol. The SMILES string of the molecule is Cc1cnc(-c2cnc3[nH]ccc3c2NC2CCCNC2)o1. The van der Waals surface area contributed by atoms with E-state index in [0.717, 1.165) is 47.6 Å². The third kappa shape index (κ3) is 2.35. The predicted molar refractivity (Wildman–Crippen MR) is 85.8 cm³/mol. The Morgan fingerprint density at radius 3 is 3.05 bits per heavy atom. The molecule has 0 saturated carbocycles. The van der Waals surface area contributed by atoms with Crippen LogP contribution in [0.15, 0.2) is 29.1 Å². The van der Waals surface area contributed by atoms with Gasteiger partial charge in [-0.1, -0.05) is 0 Å². The van der Waals surface area contributed by atoms with Crippen LogP contribution in [0.3, 0.4) is 0 Å². The first-order valence-electron chi connectivity index (χ1n) is 7.67. The number of rotatable bonds is 3. The number of hydrogen-bond acceptors (Lipinski definition) is 5. The van der Waals surface area contributed by atoms with Crippen molar-refractivity contribution in [3.8, 4) is 11.5 Å². The van der Waals surface area contributed by atoms with E-state index in [1.165, 1.54) is 6.42 Å². The van der Waals surface area contributed by atoms with Gasteiger partial charge >= 0.3 is 0 Å². The molecule has 6 heteroatoms. The number of nitrogens with zero attached hydrogens (tertiary/aromatic N) is 2. The van der Waals surface area contributed by atoms with Crippen LogP contribution in [-0.2, 0) is 0 Å². The Balaban J connectivity index is 1.79. The zero-order valence-corrected chi connectivity index (χ0v) is 12.5. The highest BCUT2D eigenvalue weighted by molar-refractivity contribution is 5.97. The quantitative estimate of drug-likeness (QED) is 0.692. The molecule has 0 radical (unpaired) electrons. The van der Waals surface area contributed by atoms with Crippen molar-refractivity contribution >= 4 is 16.7 Å². The first-order valence-corrected chi connectivity index (χ1v) is 7.67. The van der Waals surface area contributed by atoms with Crippen molar-refractivity contribution < 1.29 is 4.42 Å². The number of H-pyrrole nitrogens is 1. The van der Waals surface area contributed by atoms with Gasteiger partial charge in [0, 0.05) is 30.4 Å². The van der Waals surface area contributed by atoms with E-state index in [4.69, 9.17) is 4.42 Å². The molecule has 1 unspecified atom stereocenters. The summed E-state index contributed by atoms with van der Waals surface area (Å²) in [6.07, 6.45) is 7.82. The second-order valence-corrected chi connectivity index (χ2v) is 5.75. The number of fused-ring (bicyclic) bond motifs is 1. The first kappa shape index (κ1) is 13.3. The lowest BCUT2D eigenvalue weighted by molar-refractivity contribution is 0.480. The molecule has 1 aliphatic heterocycles. The number of aryl methyl sites for hydroxylation is 1. The Bertz CT molecular complexity index is 785. The van der Waals surface area contributed by atoms with Gasteiger partial charge in [-0.15, -0.1) is 0 Å². The van der Waals surface area contributed by atoms with Gasteiger partial charge in [0.15, 0.2) is 0 Å². The van der Waals surface area contributed by atoms with Gasteiger partial charge in [0.25, 0.3) is 0 Å². The lowest BCUT2D eigenvalue weighted by Gasteiger charge is -2.26. The Hall–Kier alpha value is -2.34. The number of hydrogen-bond donors (Lipinski definition) is 3. The molecule has 22 heavy (non-hydrogen) atoms. The third-order valence-corrected chi connectivity index (χ3v) is 4.08. The Labute approximate surface area is 128 Å². The summed E-state index contributed by atoms with van der Waals surface area (Å²) in [4.78, 5) is 12.0. The van der Waals surface area contributed by atoms with E-state index in [2.05, 4.69) is 25.6 Å². The van der Waals surface area contributed by atoms with Gasteiger partial charge in [-0.05, 0) is 32.4 Å². The summed E-state index contributed by atoms with van der Waals surface area (Å²) in [7, 11) is 0. The summed E-state index contributed by atoms with van der Waals surface area (Å²) >= 11 is 0. The highest BCUT2D eigenvalue weighted by Crippen LogP contribution is 2.33. The third-order valence-electron chi connectivity index (χ3n) is 4.08. The molecule has 1 atom stereocenters. The minimum atomic E-state index is 0.407. The maximum Gasteiger partial charge on any atom is 0.229 e. The van der Waals surface area contributed by atoms with Crippen molar-refractivity contribution in [1.82, 2.24) is 20.3 Å². The molecule has 0 aliphatic carbocycles. The van der Waals surface area contributed by atoms with E-state index < -0.39 is 0 Å². The van der Waals surface area contributed by atoms with Crippen molar-refractivity contribution in [3.05, 3.63) is 30.4 Å². The number of aromatic nitrogens is 3. The second kappa shape index (κ2) is 5.46. The maximum absolute atomic E-state index is 5.71. The molecule has 0 bridgehead atoms. The fraction of sp³-hybridized carbons (Fsp3) is 0.375. The van der Waals surface area contributed by atoms with Crippen LogP contribution >= 0.6 is 0 Å². The van der Waals surface area contributed by atoms with Gasteiger partial charge in [0.2, 0.25) is 5.89 Å². The van der Waals surface area contributed by atoms with Crippen LogP contribution < -0.4 is 10.6 Å². The average molecular weight is 297 g/mol. The van der Waals surface area contributed by atoms with E-state index >= 15 is 0 Å². The molecule has 114 valence electrons. The van der Waals surface area contributed by atoms with Crippen LogP contribution in [0, 0.1) is 6.92 Å². The molecule has 1 saturated heterocycles. The fourth-order valence-corrected chi connectivity index (χ4v) is 2.98. The highest BCUT2D eigenvalue weighted by atomic mass is 16.4. The lowest BCUT2D eigenvalue weighted by Crippen LogP contribution is -2.38. The van der Waals surface area contributed by atoms with Gasteiger partial charge in [-0.25, -0.2) is 9.97 Å². The van der Waals surface area contributed by atoms with E-state index in [1.54, 1.807) is 6.20 Å². The summed E-state index contributed by atoms with van der Waals surface area (Å²) < 4.78 is 5.71. The summed E-state index contributed by atoms with van der Waals surface area (Å²) in [5.41, 5.74) is 2.82. The minimum absolute atomic E-state index is 0.407. The molecule has 1 aliphatic rings. The molecular formula is C16H19N5O.